The molecular formula is C35H59NO7. The SMILES string of the molecule is CC/C=C/C/C=C/C/C=C/CC(=O)OCC(COCCC(C(=O)[O-])[N+](C)(C)C)OC(=O)CCCCCC/C=C/CCCC. The van der Waals surface area contributed by atoms with Gasteiger partial charge in [-0.1, -0.05) is 88.1 Å². The summed E-state index contributed by atoms with van der Waals surface area (Å²) in [6, 6.07) is -0.736. The van der Waals surface area contributed by atoms with E-state index in [4.69, 9.17) is 14.2 Å². The number of likely N-dealkylation sites (N-methyl/N-ethyl adjacent to an activating group) is 1. The van der Waals surface area contributed by atoms with Gasteiger partial charge < -0.3 is 28.6 Å². The van der Waals surface area contributed by atoms with Gasteiger partial charge >= 0.3 is 11.9 Å². The van der Waals surface area contributed by atoms with Gasteiger partial charge in [0.15, 0.2) is 6.10 Å². The van der Waals surface area contributed by atoms with Crippen LogP contribution in [0.25, 0.3) is 0 Å². The Labute approximate surface area is 261 Å². The predicted molar refractivity (Wildman–Crippen MR) is 171 cm³/mol. The largest absolute Gasteiger partial charge is 0.544 e. The molecule has 0 aromatic carbocycles. The minimum Gasteiger partial charge on any atom is -0.544 e. The van der Waals surface area contributed by atoms with Gasteiger partial charge in [-0.15, -0.1) is 0 Å². The number of carbonyl (C=O) groups is 3. The minimum atomic E-state index is -1.14. The van der Waals surface area contributed by atoms with Crippen molar-refractivity contribution in [3.05, 3.63) is 48.6 Å². The Morgan fingerprint density at radius 2 is 1.37 bits per heavy atom. The van der Waals surface area contributed by atoms with E-state index in [9.17, 15) is 19.5 Å². The summed E-state index contributed by atoms with van der Waals surface area (Å²) in [5.41, 5.74) is 0. The summed E-state index contributed by atoms with van der Waals surface area (Å²) in [5.74, 6) is -1.92. The normalized spacial score (nSPS) is 13.8. The highest BCUT2D eigenvalue weighted by Gasteiger charge is 2.25. The van der Waals surface area contributed by atoms with Crippen LogP contribution < -0.4 is 5.11 Å². The average molecular weight is 606 g/mol. The number of hydrogen-bond donors (Lipinski definition) is 0. The molecule has 43 heavy (non-hydrogen) atoms. The minimum absolute atomic E-state index is 0.00735. The second-order valence-electron chi connectivity index (χ2n) is 11.7. The van der Waals surface area contributed by atoms with Gasteiger partial charge in [0.05, 0.1) is 46.7 Å². The Hall–Kier alpha value is -2.71. The number of carbonyl (C=O) groups excluding carboxylic acids is 3. The van der Waals surface area contributed by atoms with Crippen LogP contribution in [0.3, 0.4) is 0 Å². The smallest absolute Gasteiger partial charge is 0.309 e. The summed E-state index contributed by atoms with van der Waals surface area (Å²) in [6.45, 7) is 4.32. The van der Waals surface area contributed by atoms with Gasteiger partial charge in [0, 0.05) is 12.8 Å². The van der Waals surface area contributed by atoms with E-state index >= 15 is 0 Å². The first-order valence-electron chi connectivity index (χ1n) is 16.2. The van der Waals surface area contributed by atoms with Gasteiger partial charge in [0.2, 0.25) is 0 Å². The topological polar surface area (TPSA) is 102 Å². The second-order valence-corrected chi connectivity index (χ2v) is 11.7. The van der Waals surface area contributed by atoms with Crippen LogP contribution in [0.2, 0.25) is 0 Å². The third-order valence-electron chi connectivity index (χ3n) is 6.73. The zero-order valence-electron chi connectivity index (χ0n) is 27.6. The van der Waals surface area contributed by atoms with Crippen LogP contribution >= 0.6 is 0 Å². The zero-order chi connectivity index (χ0) is 32.2. The van der Waals surface area contributed by atoms with E-state index in [1.54, 1.807) is 27.2 Å². The van der Waals surface area contributed by atoms with Crippen molar-refractivity contribution in [3.8, 4) is 0 Å². The Morgan fingerprint density at radius 1 is 0.744 bits per heavy atom. The van der Waals surface area contributed by atoms with Crippen molar-refractivity contribution in [2.45, 2.75) is 116 Å². The molecule has 2 atom stereocenters. The maximum atomic E-state index is 12.5. The van der Waals surface area contributed by atoms with Crippen molar-refractivity contribution in [1.82, 2.24) is 0 Å². The molecule has 0 N–H and O–H groups in total. The molecule has 0 saturated carbocycles. The van der Waals surface area contributed by atoms with Gasteiger partial charge in [0.1, 0.15) is 12.6 Å². The molecular weight excluding hydrogens is 546 g/mol. The highest BCUT2D eigenvalue weighted by atomic mass is 16.6. The zero-order valence-corrected chi connectivity index (χ0v) is 27.6. The fraction of sp³-hybridized carbons (Fsp3) is 0.686. The summed E-state index contributed by atoms with van der Waals surface area (Å²) in [6.07, 6.45) is 27.5. The van der Waals surface area contributed by atoms with Crippen molar-refractivity contribution in [3.63, 3.8) is 0 Å². The maximum Gasteiger partial charge on any atom is 0.309 e. The molecule has 0 aliphatic carbocycles. The number of rotatable bonds is 27. The average Bonchev–Trinajstić information content (AvgIpc) is 2.94. The maximum absolute atomic E-state index is 12.5. The summed E-state index contributed by atoms with van der Waals surface area (Å²) in [5, 5.41) is 11.5. The van der Waals surface area contributed by atoms with Gasteiger partial charge in [-0.25, -0.2) is 0 Å². The second kappa shape index (κ2) is 26.9. The van der Waals surface area contributed by atoms with Crippen LogP contribution in [-0.2, 0) is 28.6 Å². The van der Waals surface area contributed by atoms with Gasteiger partial charge in [-0.05, 0) is 44.9 Å². The van der Waals surface area contributed by atoms with E-state index in [1.165, 1.54) is 12.8 Å². The summed E-state index contributed by atoms with van der Waals surface area (Å²) in [4.78, 5) is 36.3. The van der Waals surface area contributed by atoms with E-state index in [-0.39, 0.29) is 49.5 Å². The molecule has 0 heterocycles. The van der Waals surface area contributed by atoms with E-state index in [0.29, 0.717) is 0 Å². The molecule has 0 aliphatic heterocycles. The molecule has 0 fully saturated rings. The van der Waals surface area contributed by atoms with Crippen molar-refractivity contribution in [2.75, 3.05) is 41.0 Å². The number of carboxylic acids is 1. The number of esters is 2. The van der Waals surface area contributed by atoms with E-state index < -0.39 is 24.1 Å². The number of hydrogen-bond acceptors (Lipinski definition) is 7. The van der Waals surface area contributed by atoms with Crippen LogP contribution in [0.15, 0.2) is 48.6 Å². The molecule has 8 heteroatoms. The fourth-order valence-electron chi connectivity index (χ4n) is 4.17. The third-order valence-corrected chi connectivity index (χ3v) is 6.73. The van der Waals surface area contributed by atoms with Crippen LogP contribution in [0, 0.1) is 0 Å². The first-order valence-corrected chi connectivity index (χ1v) is 16.2. The molecule has 0 rings (SSSR count). The van der Waals surface area contributed by atoms with Gasteiger partial charge in [-0.3, -0.25) is 9.59 Å². The van der Waals surface area contributed by atoms with Crippen LogP contribution in [0.1, 0.15) is 104 Å². The summed E-state index contributed by atoms with van der Waals surface area (Å²) in [7, 11) is 5.35. The summed E-state index contributed by atoms with van der Waals surface area (Å²) < 4.78 is 16.8. The molecule has 0 saturated heterocycles. The first kappa shape index (κ1) is 40.3. The fourth-order valence-corrected chi connectivity index (χ4v) is 4.17. The number of unbranched alkanes of at least 4 members (excludes halogenated alkanes) is 6. The van der Waals surface area contributed by atoms with Gasteiger partial charge in [-0.2, -0.15) is 0 Å². The molecule has 0 spiro atoms. The van der Waals surface area contributed by atoms with Crippen LogP contribution in [-0.4, -0.2) is 75.5 Å². The number of carboxylic acid groups (broad SMARTS) is 1. The Kier molecular flexibility index (Phi) is 25.2. The molecule has 0 bridgehead atoms. The monoisotopic (exact) mass is 605 g/mol. The molecule has 8 nitrogen and oxygen atoms in total. The van der Waals surface area contributed by atoms with Gasteiger partial charge in [0.25, 0.3) is 0 Å². The molecule has 0 aliphatic rings. The van der Waals surface area contributed by atoms with E-state index in [0.717, 1.165) is 57.8 Å². The van der Waals surface area contributed by atoms with Crippen LogP contribution in [0.5, 0.6) is 0 Å². The van der Waals surface area contributed by atoms with Crippen molar-refractivity contribution in [1.29, 1.82) is 0 Å². The van der Waals surface area contributed by atoms with Crippen molar-refractivity contribution < 1.29 is 38.2 Å². The number of quaternary nitrogens is 1. The lowest BCUT2D eigenvalue weighted by atomic mass is 10.1. The number of allylic oxidation sites excluding steroid dienone is 7. The predicted octanol–water partition coefficient (Wildman–Crippen LogP) is 6.01. The Bertz CT molecular complexity index is 855. The highest BCUT2D eigenvalue weighted by Crippen LogP contribution is 2.11. The quantitative estimate of drug-likeness (QED) is 0.0489. The number of ether oxygens (including phenoxy) is 3. The Balaban J connectivity index is 4.65. The molecule has 2 unspecified atom stereocenters. The number of nitrogens with zero attached hydrogens (tertiary/aromatic N) is 1. The lowest BCUT2D eigenvalue weighted by molar-refractivity contribution is -0.889. The van der Waals surface area contributed by atoms with Crippen LogP contribution in [0.4, 0.5) is 0 Å². The van der Waals surface area contributed by atoms with Crippen molar-refractivity contribution >= 4 is 17.9 Å². The van der Waals surface area contributed by atoms with Crippen molar-refractivity contribution in [2.24, 2.45) is 0 Å². The highest BCUT2D eigenvalue weighted by molar-refractivity contribution is 5.71. The van der Waals surface area contributed by atoms with E-state index in [1.807, 2.05) is 12.2 Å². The lowest BCUT2D eigenvalue weighted by Gasteiger charge is -2.34. The molecule has 0 radical (unpaired) electrons. The molecule has 0 aromatic heterocycles. The lowest BCUT2D eigenvalue weighted by Crippen LogP contribution is -2.55. The Morgan fingerprint density at radius 3 is 2.00 bits per heavy atom. The third kappa shape index (κ3) is 25.5. The van der Waals surface area contributed by atoms with E-state index in [2.05, 4.69) is 44.2 Å². The first-order chi connectivity index (χ1) is 20.6. The molecule has 0 amide bonds. The summed E-state index contributed by atoms with van der Waals surface area (Å²) >= 11 is 0. The standard InChI is InChI=1S/C35H59NO7/c1-6-8-10-12-14-16-18-20-22-24-26-34(38)43-31(29-41-28-27-32(35(39)40)36(3,4)5)30-42-33(37)25-23-21-19-17-15-13-11-9-7-2/h9,11-12,14-15,17,21,23,31-32H,6-8,10,13,16,18-20,22,24-30H2,1-5H3/b11-9+,14-12+,17-15+,23-21+. The number of aliphatic carboxylic acids is 1. The molecule has 246 valence electrons. The molecule has 0 aromatic rings.